The minimum atomic E-state index is -0.172. The molecule has 0 aliphatic carbocycles. The van der Waals surface area contributed by atoms with Gasteiger partial charge in [0, 0.05) is 30.7 Å². The number of pyridine rings is 1. The van der Waals surface area contributed by atoms with Gasteiger partial charge in [-0.1, -0.05) is 0 Å². The average molecular weight is 219 g/mol. The van der Waals surface area contributed by atoms with Crippen LogP contribution in [0.25, 0.3) is 11.0 Å². The second-order valence-corrected chi connectivity index (χ2v) is 3.39. The van der Waals surface area contributed by atoms with Gasteiger partial charge in [-0.3, -0.25) is 4.98 Å². The first-order chi connectivity index (χ1) is 7.81. The molecule has 0 fully saturated rings. The summed E-state index contributed by atoms with van der Waals surface area (Å²) in [7, 11) is 1.59. The highest BCUT2D eigenvalue weighted by molar-refractivity contribution is 5.80. The Morgan fingerprint density at radius 2 is 2.44 bits per heavy atom. The third-order valence-electron chi connectivity index (χ3n) is 2.37. The molecule has 5 nitrogen and oxygen atoms in total. The molecule has 0 spiro atoms. The van der Waals surface area contributed by atoms with Crippen molar-refractivity contribution in [2.45, 2.75) is 6.42 Å². The summed E-state index contributed by atoms with van der Waals surface area (Å²) in [6.45, 7) is 0.580. The van der Waals surface area contributed by atoms with E-state index in [2.05, 4.69) is 15.6 Å². The van der Waals surface area contributed by atoms with E-state index in [0.29, 0.717) is 6.54 Å². The van der Waals surface area contributed by atoms with E-state index in [1.54, 1.807) is 25.7 Å². The lowest BCUT2D eigenvalue weighted by Gasteiger charge is -2.02. The Balaban J connectivity index is 2.02. The minimum Gasteiger partial charge on any atom is -0.462 e. The van der Waals surface area contributed by atoms with Crippen molar-refractivity contribution in [1.82, 2.24) is 15.6 Å². The Hall–Kier alpha value is -2.04. The SMILES string of the molecule is CNC(=O)NCCc1coc2cnccc12. The van der Waals surface area contributed by atoms with Crippen LogP contribution in [-0.2, 0) is 6.42 Å². The molecular weight excluding hydrogens is 206 g/mol. The third-order valence-corrected chi connectivity index (χ3v) is 2.37. The molecule has 0 aliphatic heterocycles. The zero-order chi connectivity index (χ0) is 11.4. The van der Waals surface area contributed by atoms with E-state index >= 15 is 0 Å². The van der Waals surface area contributed by atoms with Crippen molar-refractivity contribution in [2.75, 3.05) is 13.6 Å². The van der Waals surface area contributed by atoms with E-state index in [0.717, 1.165) is 23.0 Å². The molecule has 0 unspecified atom stereocenters. The Bertz CT molecular complexity index is 493. The largest absolute Gasteiger partial charge is 0.462 e. The topological polar surface area (TPSA) is 67.2 Å². The fourth-order valence-electron chi connectivity index (χ4n) is 1.53. The fraction of sp³-hybridized carbons (Fsp3) is 0.273. The van der Waals surface area contributed by atoms with E-state index in [1.807, 2.05) is 6.07 Å². The number of carbonyl (C=O) groups excluding carboxylic acids is 1. The molecule has 0 saturated heterocycles. The number of hydrogen-bond donors (Lipinski definition) is 2. The van der Waals surface area contributed by atoms with Crippen molar-refractivity contribution in [3.8, 4) is 0 Å². The molecule has 2 aromatic heterocycles. The van der Waals surface area contributed by atoms with Crippen molar-refractivity contribution in [2.24, 2.45) is 0 Å². The van der Waals surface area contributed by atoms with Crippen LogP contribution in [0.3, 0.4) is 0 Å². The summed E-state index contributed by atoms with van der Waals surface area (Å²) < 4.78 is 5.34. The summed E-state index contributed by atoms with van der Waals surface area (Å²) in [6.07, 6.45) is 5.86. The lowest BCUT2D eigenvalue weighted by molar-refractivity contribution is 0.243. The number of urea groups is 1. The molecule has 2 aromatic rings. The summed E-state index contributed by atoms with van der Waals surface area (Å²) in [5.41, 5.74) is 1.85. The van der Waals surface area contributed by atoms with Crippen molar-refractivity contribution >= 4 is 17.0 Å². The van der Waals surface area contributed by atoms with Crippen LogP contribution in [-0.4, -0.2) is 24.6 Å². The Morgan fingerprint density at radius 1 is 1.56 bits per heavy atom. The smallest absolute Gasteiger partial charge is 0.314 e. The second-order valence-electron chi connectivity index (χ2n) is 3.39. The molecule has 0 bridgehead atoms. The number of fused-ring (bicyclic) bond motifs is 1. The number of nitrogens with one attached hydrogen (secondary N) is 2. The maximum Gasteiger partial charge on any atom is 0.314 e. The number of amides is 2. The summed E-state index contributed by atoms with van der Waals surface area (Å²) in [5, 5.41) is 6.28. The van der Waals surface area contributed by atoms with Crippen molar-refractivity contribution in [3.63, 3.8) is 0 Å². The van der Waals surface area contributed by atoms with Gasteiger partial charge in [-0.05, 0) is 12.5 Å². The Kier molecular flexibility index (Phi) is 3.05. The number of nitrogens with zero attached hydrogens (tertiary/aromatic N) is 1. The van der Waals surface area contributed by atoms with Crippen LogP contribution in [0, 0.1) is 0 Å². The van der Waals surface area contributed by atoms with Gasteiger partial charge in [0.05, 0.1) is 12.5 Å². The molecular formula is C11H13N3O2. The van der Waals surface area contributed by atoms with Gasteiger partial charge in [0.1, 0.15) is 0 Å². The van der Waals surface area contributed by atoms with Gasteiger partial charge in [-0.2, -0.15) is 0 Å². The van der Waals surface area contributed by atoms with Crippen LogP contribution in [0.5, 0.6) is 0 Å². The Labute approximate surface area is 92.8 Å². The van der Waals surface area contributed by atoms with Gasteiger partial charge < -0.3 is 15.1 Å². The molecule has 16 heavy (non-hydrogen) atoms. The minimum absolute atomic E-state index is 0.172. The van der Waals surface area contributed by atoms with E-state index in [1.165, 1.54) is 0 Å². The maximum atomic E-state index is 10.9. The second kappa shape index (κ2) is 4.65. The van der Waals surface area contributed by atoms with Crippen LogP contribution in [0.4, 0.5) is 4.79 Å². The van der Waals surface area contributed by atoms with Gasteiger partial charge in [0.15, 0.2) is 5.58 Å². The zero-order valence-electron chi connectivity index (χ0n) is 8.99. The lowest BCUT2D eigenvalue weighted by atomic mass is 10.1. The third kappa shape index (κ3) is 2.13. The predicted octanol–water partition coefficient (Wildman–Crippen LogP) is 1.30. The van der Waals surface area contributed by atoms with Gasteiger partial charge in [-0.15, -0.1) is 0 Å². The molecule has 84 valence electrons. The van der Waals surface area contributed by atoms with Crippen molar-refractivity contribution < 1.29 is 9.21 Å². The highest BCUT2D eigenvalue weighted by atomic mass is 16.3. The van der Waals surface area contributed by atoms with Crippen LogP contribution in [0.15, 0.2) is 29.1 Å². The summed E-state index contributed by atoms with van der Waals surface area (Å²) in [4.78, 5) is 14.9. The van der Waals surface area contributed by atoms with Crippen LogP contribution in [0.1, 0.15) is 5.56 Å². The molecule has 2 N–H and O–H groups in total. The Morgan fingerprint density at radius 3 is 3.25 bits per heavy atom. The van der Waals surface area contributed by atoms with Crippen LogP contribution >= 0.6 is 0 Å². The number of furan rings is 1. The van der Waals surface area contributed by atoms with Gasteiger partial charge in [0.25, 0.3) is 0 Å². The maximum absolute atomic E-state index is 10.9. The van der Waals surface area contributed by atoms with E-state index in [-0.39, 0.29) is 6.03 Å². The predicted molar refractivity (Wildman–Crippen MR) is 60.2 cm³/mol. The molecule has 0 aliphatic rings. The number of aromatic nitrogens is 1. The first kappa shape index (κ1) is 10.5. The van der Waals surface area contributed by atoms with Gasteiger partial charge in [-0.25, -0.2) is 4.79 Å². The summed E-state index contributed by atoms with van der Waals surface area (Å²) in [5.74, 6) is 0. The number of hydrogen-bond acceptors (Lipinski definition) is 3. The van der Waals surface area contributed by atoms with E-state index < -0.39 is 0 Å². The standard InChI is InChI=1S/C11H13N3O2/c1-12-11(15)14-5-2-8-7-16-10-6-13-4-3-9(8)10/h3-4,6-7H,2,5H2,1H3,(H2,12,14,15). The first-order valence-electron chi connectivity index (χ1n) is 5.07. The molecule has 2 rings (SSSR count). The first-order valence-corrected chi connectivity index (χ1v) is 5.07. The number of carbonyl (C=O) groups is 1. The molecule has 0 atom stereocenters. The fourth-order valence-corrected chi connectivity index (χ4v) is 1.53. The molecule has 2 amide bonds. The summed E-state index contributed by atoms with van der Waals surface area (Å²) in [6, 6.07) is 1.74. The van der Waals surface area contributed by atoms with E-state index in [9.17, 15) is 4.79 Å². The van der Waals surface area contributed by atoms with Gasteiger partial charge >= 0.3 is 6.03 Å². The monoisotopic (exact) mass is 219 g/mol. The van der Waals surface area contributed by atoms with Crippen molar-refractivity contribution in [3.05, 3.63) is 30.3 Å². The number of rotatable bonds is 3. The average Bonchev–Trinajstić information content (AvgIpc) is 2.73. The van der Waals surface area contributed by atoms with Crippen LogP contribution in [0.2, 0.25) is 0 Å². The molecule has 2 heterocycles. The van der Waals surface area contributed by atoms with Crippen molar-refractivity contribution in [1.29, 1.82) is 0 Å². The molecule has 0 radical (unpaired) electrons. The molecule has 5 heteroatoms. The normalized spacial score (nSPS) is 10.3. The highest BCUT2D eigenvalue weighted by Gasteiger charge is 2.05. The lowest BCUT2D eigenvalue weighted by Crippen LogP contribution is -2.33. The quantitative estimate of drug-likeness (QED) is 0.817. The molecule has 0 aromatic carbocycles. The van der Waals surface area contributed by atoms with Crippen LogP contribution < -0.4 is 10.6 Å². The molecule has 0 saturated carbocycles. The summed E-state index contributed by atoms with van der Waals surface area (Å²) >= 11 is 0. The highest BCUT2D eigenvalue weighted by Crippen LogP contribution is 2.19. The van der Waals surface area contributed by atoms with E-state index in [4.69, 9.17) is 4.42 Å². The zero-order valence-corrected chi connectivity index (χ0v) is 8.99. The van der Waals surface area contributed by atoms with Gasteiger partial charge in [0.2, 0.25) is 0 Å².